The van der Waals surface area contributed by atoms with Gasteiger partial charge in [0.2, 0.25) is 0 Å². The fourth-order valence-corrected chi connectivity index (χ4v) is 3.33. The number of hydrogen-bond acceptors (Lipinski definition) is 3. The number of carbonyl (C=O) groups is 1. The number of benzene rings is 3. The van der Waals surface area contributed by atoms with Crippen molar-refractivity contribution in [1.29, 1.82) is 0 Å². The van der Waals surface area contributed by atoms with Gasteiger partial charge in [0.25, 0.3) is 0 Å². The molecule has 3 rings (SSSR count). The largest absolute Gasteiger partial charge is 0.482 e. The average molecular weight is 413 g/mol. The summed E-state index contributed by atoms with van der Waals surface area (Å²) in [6, 6.07) is 17.4. The monoisotopic (exact) mass is 412 g/mol. The molecule has 3 aromatic carbocycles. The van der Waals surface area contributed by atoms with Gasteiger partial charge in [-0.1, -0.05) is 48.0 Å². The van der Waals surface area contributed by atoms with Crippen LogP contribution in [0.2, 0.25) is 0 Å². The Labute approximate surface area is 162 Å². The van der Waals surface area contributed by atoms with E-state index in [0.717, 1.165) is 20.8 Å². The van der Waals surface area contributed by atoms with Gasteiger partial charge in [0.15, 0.2) is 6.61 Å². The fraction of sp³-hybridized carbons (Fsp3) is 0.227. The Morgan fingerprint density at radius 1 is 0.962 bits per heavy atom. The predicted octanol–water partition coefficient (Wildman–Crippen LogP) is 6.02. The molecule has 0 heterocycles. The first-order valence-corrected chi connectivity index (χ1v) is 9.35. The van der Waals surface area contributed by atoms with Crippen LogP contribution in [0.25, 0.3) is 10.8 Å². The fourth-order valence-electron chi connectivity index (χ4n) is 2.95. The van der Waals surface area contributed by atoms with E-state index in [4.69, 9.17) is 9.47 Å². The van der Waals surface area contributed by atoms with E-state index in [1.54, 1.807) is 6.07 Å². The summed E-state index contributed by atoms with van der Waals surface area (Å²) in [5.74, 6) is 1.22. The highest BCUT2D eigenvalue weighted by Crippen LogP contribution is 2.25. The van der Waals surface area contributed by atoms with Crippen LogP contribution in [0.3, 0.4) is 0 Å². The molecule has 0 saturated heterocycles. The Morgan fingerprint density at radius 3 is 2.38 bits per heavy atom. The predicted molar refractivity (Wildman–Crippen MR) is 108 cm³/mol. The molecule has 26 heavy (non-hydrogen) atoms. The van der Waals surface area contributed by atoms with E-state index in [0.29, 0.717) is 17.4 Å². The quantitative estimate of drug-likeness (QED) is 0.379. The Hall–Kier alpha value is -2.33. The van der Waals surface area contributed by atoms with Gasteiger partial charge in [-0.15, -0.1) is 0 Å². The smallest absolute Gasteiger partial charge is 0.349 e. The van der Waals surface area contributed by atoms with E-state index in [9.17, 15) is 4.79 Å². The van der Waals surface area contributed by atoms with Gasteiger partial charge in [-0.05, 0) is 71.1 Å². The van der Waals surface area contributed by atoms with Gasteiger partial charge >= 0.3 is 5.97 Å². The summed E-state index contributed by atoms with van der Waals surface area (Å²) in [6.07, 6.45) is 0. The first-order valence-electron chi connectivity index (χ1n) is 8.56. The molecule has 4 heteroatoms. The minimum Gasteiger partial charge on any atom is -0.482 e. The molecular formula is C22H21BrO3. The number of esters is 1. The number of hydrogen-bond donors (Lipinski definition) is 0. The summed E-state index contributed by atoms with van der Waals surface area (Å²) >= 11 is 3.45. The van der Waals surface area contributed by atoms with Crippen molar-refractivity contribution < 1.29 is 14.3 Å². The standard InChI is InChI=1S/C22H21BrO3/c1-14(2)21-9-8-19(10-15(21)3)25-13-22(24)26-20-7-5-16-11-18(23)6-4-17(16)12-20/h4-12,14H,13H2,1-3H3. The molecular weight excluding hydrogens is 392 g/mol. The molecule has 0 amide bonds. The van der Waals surface area contributed by atoms with Gasteiger partial charge in [-0.25, -0.2) is 4.79 Å². The second-order valence-corrected chi connectivity index (χ2v) is 7.50. The minimum atomic E-state index is -0.424. The third kappa shape index (κ3) is 4.44. The average Bonchev–Trinajstić information content (AvgIpc) is 2.60. The van der Waals surface area contributed by atoms with Crippen molar-refractivity contribution >= 4 is 32.7 Å². The molecule has 0 atom stereocenters. The SMILES string of the molecule is Cc1cc(OCC(=O)Oc2ccc3cc(Br)ccc3c2)ccc1C(C)C. The molecule has 0 aromatic heterocycles. The van der Waals surface area contributed by atoms with Gasteiger partial charge in [-0.2, -0.15) is 0 Å². The van der Waals surface area contributed by atoms with Crippen molar-refractivity contribution in [3.05, 3.63) is 70.2 Å². The van der Waals surface area contributed by atoms with Crippen LogP contribution in [-0.2, 0) is 4.79 Å². The third-order valence-electron chi connectivity index (χ3n) is 4.23. The van der Waals surface area contributed by atoms with Crippen molar-refractivity contribution in [2.75, 3.05) is 6.61 Å². The number of halogens is 1. The van der Waals surface area contributed by atoms with Gasteiger partial charge in [0.05, 0.1) is 0 Å². The Kier molecular flexibility index (Phi) is 5.62. The van der Waals surface area contributed by atoms with E-state index in [1.807, 2.05) is 55.5 Å². The van der Waals surface area contributed by atoms with Crippen molar-refractivity contribution in [3.63, 3.8) is 0 Å². The molecule has 134 valence electrons. The third-order valence-corrected chi connectivity index (χ3v) is 4.72. The number of aryl methyl sites for hydroxylation is 1. The number of rotatable bonds is 5. The molecule has 3 nitrogen and oxygen atoms in total. The highest BCUT2D eigenvalue weighted by molar-refractivity contribution is 9.10. The maximum Gasteiger partial charge on any atom is 0.349 e. The highest BCUT2D eigenvalue weighted by atomic mass is 79.9. The van der Waals surface area contributed by atoms with Crippen molar-refractivity contribution in [2.45, 2.75) is 26.7 Å². The zero-order valence-corrected chi connectivity index (χ0v) is 16.7. The number of fused-ring (bicyclic) bond motifs is 1. The summed E-state index contributed by atoms with van der Waals surface area (Å²) in [5.41, 5.74) is 2.44. The van der Waals surface area contributed by atoms with E-state index in [1.165, 1.54) is 5.56 Å². The summed E-state index contributed by atoms with van der Waals surface area (Å²) in [6.45, 7) is 6.23. The molecule has 0 aliphatic heterocycles. The van der Waals surface area contributed by atoms with E-state index >= 15 is 0 Å². The maximum atomic E-state index is 12.1. The van der Waals surface area contributed by atoms with Gasteiger partial charge in [0.1, 0.15) is 11.5 Å². The topological polar surface area (TPSA) is 35.5 Å². The molecule has 0 bridgehead atoms. The second kappa shape index (κ2) is 7.92. The molecule has 0 saturated carbocycles. The first kappa shape index (κ1) is 18.5. The van der Waals surface area contributed by atoms with Crippen LogP contribution < -0.4 is 9.47 Å². The van der Waals surface area contributed by atoms with E-state index in [-0.39, 0.29) is 6.61 Å². The zero-order chi connectivity index (χ0) is 18.7. The molecule has 0 N–H and O–H groups in total. The lowest BCUT2D eigenvalue weighted by Crippen LogP contribution is -2.17. The molecule has 0 aliphatic rings. The molecule has 0 radical (unpaired) electrons. The van der Waals surface area contributed by atoms with Crippen LogP contribution in [0.5, 0.6) is 11.5 Å². The molecule has 0 spiro atoms. The summed E-state index contributed by atoms with van der Waals surface area (Å²) in [4.78, 5) is 12.1. The summed E-state index contributed by atoms with van der Waals surface area (Å²) in [5, 5.41) is 2.09. The van der Waals surface area contributed by atoms with Crippen LogP contribution in [-0.4, -0.2) is 12.6 Å². The molecule has 0 aliphatic carbocycles. The van der Waals surface area contributed by atoms with E-state index in [2.05, 4.69) is 29.8 Å². The zero-order valence-electron chi connectivity index (χ0n) is 15.1. The summed E-state index contributed by atoms with van der Waals surface area (Å²) < 4.78 is 12.0. The lowest BCUT2D eigenvalue weighted by atomic mass is 9.98. The molecule has 0 unspecified atom stereocenters. The van der Waals surface area contributed by atoms with Gasteiger partial charge in [-0.3, -0.25) is 0 Å². The second-order valence-electron chi connectivity index (χ2n) is 6.59. The lowest BCUT2D eigenvalue weighted by Gasteiger charge is -2.12. The normalized spacial score (nSPS) is 11.0. The van der Waals surface area contributed by atoms with E-state index < -0.39 is 5.97 Å². The Morgan fingerprint density at radius 2 is 1.65 bits per heavy atom. The molecule has 0 fully saturated rings. The Balaban J connectivity index is 1.62. The highest BCUT2D eigenvalue weighted by Gasteiger charge is 2.09. The van der Waals surface area contributed by atoms with Crippen molar-refractivity contribution in [2.24, 2.45) is 0 Å². The van der Waals surface area contributed by atoms with Crippen molar-refractivity contribution in [3.8, 4) is 11.5 Å². The maximum absolute atomic E-state index is 12.1. The van der Waals surface area contributed by atoms with Gasteiger partial charge in [0, 0.05) is 4.47 Å². The number of ether oxygens (including phenoxy) is 2. The van der Waals surface area contributed by atoms with Crippen LogP contribution in [0.4, 0.5) is 0 Å². The minimum absolute atomic E-state index is 0.126. The van der Waals surface area contributed by atoms with Crippen molar-refractivity contribution in [1.82, 2.24) is 0 Å². The number of carbonyl (C=O) groups excluding carboxylic acids is 1. The van der Waals surface area contributed by atoms with Crippen LogP contribution in [0, 0.1) is 6.92 Å². The van der Waals surface area contributed by atoms with Crippen LogP contribution in [0.1, 0.15) is 30.9 Å². The first-order chi connectivity index (χ1) is 12.4. The lowest BCUT2D eigenvalue weighted by molar-refractivity contribution is -0.136. The van der Waals surface area contributed by atoms with Gasteiger partial charge < -0.3 is 9.47 Å². The van der Waals surface area contributed by atoms with Crippen LogP contribution >= 0.6 is 15.9 Å². The Bertz CT molecular complexity index is 947. The van der Waals surface area contributed by atoms with Crippen LogP contribution in [0.15, 0.2) is 59.1 Å². The molecule has 3 aromatic rings. The summed E-state index contributed by atoms with van der Waals surface area (Å²) in [7, 11) is 0.